The summed E-state index contributed by atoms with van der Waals surface area (Å²) in [6, 6.07) is 13.5. The average Bonchev–Trinajstić information content (AvgIpc) is 2.87. The lowest BCUT2D eigenvalue weighted by Gasteiger charge is -2.25. The molecule has 12 heteroatoms. The van der Waals surface area contributed by atoms with Gasteiger partial charge in [0.25, 0.3) is 0 Å². The standard InChI is InChI=1S/C26H12F6N4O2/c27-25(28,29)15-5-9-17(10-6-15)37-23-21(35-13-33)19-3-1-2-4-20(19)22(36-14-34)24(23)38-18-11-7-16(8-12-18)26(30,31)32/h1-12H/b35-21-,36-22+. The molecule has 0 heterocycles. The highest BCUT2D eigenvalue weighted by Crippen LogP contribution is 2.35. The van der Waals surface area contributed by atoms with Gasteiger partial charge in [-0.1, -0.05) is 24.3 Å². The van der Waals surface area contributed by atoms with E-state index in [1.54, 1.807) is 36.7 Å². The van der Waals surface area contributed by atoms with E-state index in [0.717, 1.165) is 48.5 Å². The van der Waals surface area contributed by atoms with E-state index < -0.39 is 23.5 Å². The van der Waals surface area contributed by atoms with Crippen molar-refractivity contribution in [2.45, 2.75) is 12.4 Å². The predicted molar refractivity (Wildman–Crippen MR) is 122 cm³/mol. The first kappa shape index (κ1) is 26.0. The maximum atomic E-state index is 13.0. The summed E-state index contributed by atoms with van der Waals surface area (Å²) in [7, 11) is 0. The highest BCUT2D eigenvalue weighted by Gasteiger charge is 2.35. The minimum atomic E-state index is -4.60. The molecule has 0 N–H and O–H groups in total. The van der Waals surface area contributed by atoms with Gasteiger partial charge in [-0.2, -0.15) is 46.9 Å². The van der Waals surface area contributed by atoms with Crippen LogP contribution in [0.25, 0.3) is 0 Å². The zero-order valence-corrected chi connectivity index (χ0v) is 18.8. The van der Waals surface area contributed by atoms with Crippen LogP contribution in [-0.4, -0.2) is 11.4 Å². The molecule has 0 fully saturated rings. The van der Waals surface area contributed by atoms with Gasteiger partial charge in [0.2, 0.25) is 12.4 Å². The first-order valence-corrected chi connectivity index (χ1v) is 10.5. The molecule has 190 valence electrons. The van der Waals surface area contributed by atoms with E-state index in [1.807, 2.05) is 0 Å². The van der Waals surface area contributed by atoms with E-state index in [2.05, 4.69) is 9.98 Å². The van der Waals surface area contributed by atoms with Crippen molar-refractivity contribution >= 4 is 11.4 Å². The lowest BCUT2D eigenvalue weighted by atomic mass is 9.90. The van der Waals surface area contributed by atoms with Crippen molar-refractivity contribution in [3.05, 3.63) is 107 Å². The molecule has 3 aromatic carbocycles. The SMILES string of the molecule is N#C/N=C1C(Oc2ccc(C(F)(F)F)cc2)=C(Oc2ccc(C(F)(F)F)cc2)/C(=N/C#N)c2ccccc2\1. The molecule has 0 atom stereocenters. The van der Waals surface area contributed by atoms with E-state index in [-0.39, 0.29) is 34.4 Å². The van der Waals surface area contributed by atoms with Gasteiger partial charge in [0, 0.05) is 11.1 Å². The second-order valence-corrected chi connectivity index (χ2v) is 7.57. The van der Waals surface area contributed by atoms with E-state index in [1.165, 1.54) is 0 Å². The number of aliphatic imine (C=N–C) groups is 2. The summed E-state index contributed by atoms with van der Waals surface area (Å²) in [6.45, 7) is 0. The Bertz CT molecular complexity index is 1420. The maximum absolute atomic E-state index is 13.0. The molecule has 1 aliphatic carbocycles. The van der Waals surface area contributed by atoms with Crippen LogP contribution in [0.2, 0.25) is 0 Å². The third-order valence-electron chi connectivity index (χ3n) is 5.20. The first-order valence-electron chi connectivity index (χ1n) is 10.5. The number of benzene rings is 3. The second kappa shape index (κ2) is 10.1. The summed E-state index contributed by atoms with van der Waals surface area (Å²) in [5, 5.41) is 18.7. The average molecular weight is 526 g/mol. The number of fused-ring (bicyclic) bond motifs is 1. The third kappa shape index (κ3) is 5.34. The van der Waals surface area contributed by atoms with Crippen molar-refractivity contribution in [1.82, 2.24) is 0 Å². The van der Waals surface area contributed by atoms with Gasteiger partial charge in [0.1, 0.15) is 22.9 Å². The van der Waals surface area contributed by atoms with Crippen LogP contribution < -0.4 is 9.47 Å². The molecular weight excluding hydrogens is 514 g/mol. The fourth-order valence-electron chi connectivity index (χ4n) is 3.53. The van der Waals surface area contributed by atoms with Crippen molar-refractivity contribution in [1.29, 1.82) is 10.5 Å². The van der Waals surface area contributed by atoms with Crippen molar-refractivity contribution < 1.29 is 35.8 Å². The monoisotopic (exact) mass is 526 g/mol. The van der Waals surface area contributed by atoms with Crippen LogP contribution in [0.3, 0.4) is 0 Å². The van der Waals surface area contributed by atoms with E-state index in [4.69, 9.17) is 9.47 Å². The van der Waals surface area contributed by atoms with Crippen molar-refractivity contribution in [3.8, 4) is 23.9 Å². The highest BCUT2D eigenvalue weighted by atomic mass is 19.4. The molecular formula is C26H12F6N4O2. The zero-order valence-electron chi connectivity index (χ0n) is 18.8. The molecule has 0 amide bonds. The van der Waals surface area contributed by atoms with E-state index in [9.17, 15) is 36.9 Å². The Morgan fingerprint density at radius 2 is 0.895 bits per heavy atom. The minimum absolute atomic E-state index is 0.0956. The second-order valence-electron chi connectivity index (χ2n) is 7.57. The highest BCUT2D eigenvalue weighted by molar-refractivity contribution is 6.29. The summed E-state index contributed by atoms with van der Waals surface area (Å²) >= 11 is 0. The number of hydrogen-bond donors (Lipinski definition) is 0. The van der Waals surface area contributed by atoms with E-state index >= 15 is 0 Å². The van der Waals surface area contributed by atoms with Crippen LogP contribution in [0.1, 0.15) is 22.3 Å². The molecule has 3 aromatic rings. The van der Waals surface area contributed by atoms with Gasteiger partial charge < -0.3 is 9.47 Å². The molecule has 0 aliphatic heterocycles. The molecule has 38 heavy (non-hydrogen) atoms. The number of ether oxygens (including phenoxy) is 2. The maximum Gasteiger partial charge on any atom is 0.416 e. The van der Waals surface area contributed by atoms with Gasteiger partial charge >= 0.3 is 12.4 Å². The van der Waals surface area contributed by atoms with Crippen molar-refractivity contribution in [2.24, 2.45) is 9.98 Å². The predicted octanol–water partition coefficient (Wildman–Crippen LogP) is 6.65. The Balaban J connectivity index is 1.89. The quantitative estimate of drug-likeness (QED) is 0.281. The number of alkyl halides is 6. The molecule has 0 bridgehead atoms. The molecule has 1 aliphatic rings. The number of nitrogens with zero attached hydrogens (tertiary/aromatic N) is 4. The number of halogens is 6. The smallest absolute Gasteiger partial charge is 0.416 e. The van der Waals surface area contributed by atoms with Gasteiger partial charge in [-0.25, -0.2) is 0 Å². The molecule has 6 nitrogen and oxygen atoms in total. The fraction of sp³-hybridized carbons (Fsp3) is 0.0769. The summed E-state index contributed by atoms with van der Waals surface area (Å²) in [5.41, 5.74) is -1.48. The number of nitriles is 2. The van der Waals surface area contributed by atoms with Gasteiger partial charge in [-0.3, -0.25) is 0 Å². The molecule has 0 radical (unpaired) electrons. The summed E-state index contributed by atoms with van der Waals surface area (Å²) in [5.74, 6) is -0.802. The lowest BCUT2D eigenvalue weighted by molar-refractivity contribution is -0.138. The fourth-order valence-corrected chi connectivity index (χ4v) is 3.53. The Hall–Kier alpha value is -5.10. The van der Waals surface area contributed by atoms with Gasteiger partial charge in [-0.15, -0.1) is 0 Å². The third-order valence-corrected chi connectivity index (χ3v) is 5.20. The lowest BCUT2D eigenvalue weighted by Crippen LogP contribution is -2.29. The van der Waals surface area contributed by atoms with Crippen LogP contribution >= 0.6 is 0 Å². The first-order chi connectivity index (χ1) is 18.0. The largest absolute Gasteiger partial charge is 0.451 e. The van der Waals surface area contributed by atoms with Crippen LogP contribution in [-0.2, 0) is 12.4 Å². The van der Waals surface area contributed by atoms with Crippen molar-refractivity contribution in [3.63, 3.8) is 0 Å². The summed E-state index contributed by atoms with van der Waals surface area (Å²) < 4.78 is 89.7. The Morgan fingerprint density at radius 1 is 0.553 bits per heavy atom. The number of allylic oxidation sites excluding steroid dienone is 2. The van der Waals surface area contributed by atoms with E-state index in [0.29, 0.717) is 11.1 Å². The van der Waals surface area contributed by atoms with Gasteiger partial charge in [-0.05, 0) is 48.5 Å². The summed E-state index contributed by atoms with van der Waals surface area (Å²) in [4.78, 5) is 7.57. The number of hydrogen-bond acceptors (Lipinski definition) is 6. The van der Waals surface area contributed by atoms with Gasteiger partial charge in [0.15, 0.2) is 11.5 Å². The Kier molecular flexibility index (Phi) is 6.91. The Morgan fingerprint density at radius 3 is 1.18 bits per heavy atom. The van der Waals surface area contributed by atoms with Crippen LogP contribution in [0.4, 0.5) is 26.3 Å². The zero-order chi connectivity index (χ0) is 27.5. The molecule has 0 aromatic heterocycles. The van der Waals surface area contributed by atoms with Crippen LogP contribution in [0.5, 0.6) is 11.5 Å². The topological polar surface area (TPSA) is 90.8 Å². The minimum Gasteiger partial charge on any atom is -0.451 e. The van der Waals surface area contributed by atoms with Crippen molar-refractivity contribution in [2.75, 3.05) is 0 Å². The van der Waals surface area contributed by atoms with Crippen LogP contribution in [0, 0.1) is 22.9 Å². The Labute approximate surface area is 211 Å². The van der Waals surface area contributed by atoms with Gasteiger partial charge in [0.05, 0.1) is 11.1 Å². The number of rotatable bonds is 4. The molecule has 0 unspecified atom stereocenters. The molecule has 0 spiro atoms. The molecule has 4 rings (SSSR count). The molecule has 0 saturated carbocycles. The molecule has 0 saturated heterocycles. The van der Waals surface area contributed by atoms with Crippen LogP contribution in [0.15, 0.2) is 94.3 Å². The normalized spacial score (nSPS) is 15.6. The summed E-state index contributed by atoms with van der Waals surface area (Å²) in [6.07, 6.45) is -5.96.